The summed E-state index contributed by atoms with van der Waals surface area (Å²) < 4.78 is 4.41. The van der Waals surface area contributed by atoms with Crippen LogP contribution >= 0.6 is 0 Å². The molecule has 0 aromatic heterocycles. The number of amides is 1. The molecule has 0 aliphatic carbocycles. The largest absolute Gasteiger partial charge is 0.468 e. The van der Waals surface area contributed by atoms with Crippen molar-refractivity contribution in [2.75, 3.05) is 26.0 Å². The summed E-state index contributed by atoms with van der Waals surface area (Å²) in [7, 11) is 1.27. The van der Waals surface area contributed by atoms with E-state index in [2.05, 4.69) is 10.1 Å². The van der Waals surface area contributed by atoms with Crippen LogP contribution in [0.2, 0.25) is 0 Å². The number of nitrogen functional groups attached to an aromatic ring is 1. The molecule has 1 amide bonds. The first-order chi connectivity index (χ1) is 8.96. The standard InChI is InChI=1S/C11H14N2O3.C2H6O/c1-7-5-8(3-4-9(7)12)11(15)13-6-10(14)16-2;1-2-3/h3-5H,6,12H2,1-2H3,(H,13,15);3H,2H2,1H3. The van der Waals surface area contributed by atoms with E-state index in [0.29, 0.717) is 11.3 Å². The van der Waals surface area contributed by atoms with E-state index in [1.807, 2.05) is 6.92 Å². The summed E-state index contributed by atoms with van der Waals surface area (Å²) in [6.45, 7) is 3.60. The number of nitrogens with one attached hydrogen (secondary N) is 1. The Morgan fingerprint density at radius 1 is 1.42 bits per heavy atom. The topological polar surface area (TPSA) is 102 Å². The number of hydrogen-bond donors (Lipinski definition) is 3. The Morgan fingerprint density at radius 3 is 2.47 bits per heavy atom. The minimum atomic E-state index is -0.486. The molecule has 0 fully saturated rings. The quantitative estimate of drug-likeness (QED) is 0.546. The number of aliphatic hydroxyl groups excluding tert-OH is 1. The van der Waals surface area contributed by atoms with Gasteiger partial charge in [0.25, 0.3) is 5.91 Å². The van der Waals surface area contributed by atoms with Crippen molar-refractivity contribution in [1.29, 1.82) is 0 Å². The fraction of sp³-hybridized carbons (Fsp3) is 0.385. The molecule has 4 N–H and O–H groups in total. The van der Waals surface area contributed by atoms with Crippen LogP contribution in [0.5, 0.6) is 0 Å². The Morgan fingerprint density at radius 2 is 2.00 bits per heavy atom. The number of nitrogens with two attached hydrogens (primary N) is 1. The summed E-state index contributed by atoms with van der Waals surface area (Å²) >= 11 is 0. The van der Waals surface area contributed by atoms with Crippen molar-refractivity contribution < 1.29 is 19.4 Å². The highest BCUT2D eigenvalue weighted by Gasteiger charge is 2.08. The Balaban J connectivity index is 0.000000982. The molecule has 6 heteroatoms. The molecule has 0 aliphatic heterocycles. The van der Waals surface area contributed by atoms with Crippen LogP contribution in [0.4, 0.5) is 5.69 Å². The zero-order chi connectivity index (χ0) is 14.8. The van der Waals surface area contributed by atoms with Crippen molar-refractivity contribution in [2.45, 2.75) is 13.8 Å². The van der Waals surface area contributed by atoms with Gasteiger partial charge in [0.1, 0.15) is 6.54 Å². The Labute approximate surface area is 112 Å². The van der Waals surface area contributed by atoms with Gasteiger partial charge < -0.3 is 20.9 Å². The maximum absolute atomic E-state index is 11.6. The number of anilines is 1. The number of aryl methyl sites for hydroxylation is 1. The number of esters is 1. The van der Waals surface area contributed by atoms with Crippen molar-refractivity contribution in [2.24, 2.45) is 0 Å². The molecule has 0 aliphatic rings. The number of aliphatic hydroxyl groups is 1. The number of carbonyl (C=O) groups is 2. The van der Waals surface area contributed by atoms with Gasteiger partial charge >= 0.3 is 5.97 Å². The highest BCUT2D eigenvalue weighted by atomic mass is 16.5. The average molecular weight is 268 g/mol. The number of rotatable bonds is 3. The van der Waals surface area contributed by atoms with E-state index in [1.165, 1.54) is 7.11 Å². The molecule has 0 spiro atoms. The van der Waals surface area contributed by atoms with E-state index >= 15 is 0 Å². The monoisotopic (exact) mass is 268 g/mol. The highest BCUT2D eigenvalue weighted by molar-refractivity contribution is 5.96. The van der Waals surface area contributed by atoms with Crippen molar-refractivity contribution >= 4 is 17.6 Å². The van der Waals surface area contributed by atoms with Gasteiger partial charge in [-0.3, -0.25) is 9.59 Å². The molecule has 0 saturated heterocycles. The summed E-state index contributed by atoms with van der Waals surface area (Å²) in [5.74, 6) is -0.811. The van der Waals surface area contributed by atoms with E-state index in [1.54, 1.807) is 25.1 Å². The molecule has 1 rings (SSSR count). The first kappa shape index (κ1) is 16.9. The SMILES string of the molecule is CCO.COC(=O)CNC(=O)c1ccc(N)c(C)c1. The van der Waals surface area contributed by atoms with Crippen LogP contribution in [0, 0.1) is 6.92 Å². The van der Waals surface area contributed by atoms with Gasteiger partial charge in [-0.2, -0.15) is 0 Å². The molecule has 19 heavy (non-hydrogen) atoms. The Kier molecular flexibility index (Phi) is 7.95. The summed E-state index contributed by atoms with van der Waals surface area (Å²) in [6.07, 6.45) is 0. The summed E-state index contributed by atoms with van der Waals surface area (Å²) in [6, 6.07) is 4.93. The second-order valence-electron chi connectivity index (χ2n) is 3.65. The van der Waals surface area contributed by atoms with Gasteiger partial charge in [0.2, 0.25) is 0 Å². The Hall–Kier alpha value is -2.08. The smallest absolute Gasteiger partial charge is 0.325 e. The van der Waals surface area contributed by atoms with Gasteiger partial charge in [-0.05, 0) is 37.6 Å². The van der Waals surface area contributed by atoms with Gasteiger partial charge in [0.05, 0.1) is 7.11 Å². The molecule has 106 valence electrons. The van der Waals surface area contributed by atoms with Crippen LogP contribution in [-0.2, 0) is 9.53 Å². The lowest BCUT2D eigenvalue weighted by atomic mass is 10.1. The van der Waals surface area contributed by atoms with E-state index in [9.17, 15) is 9.59 Å². The third-order valence-electron chi connectivity index (χ3n) is 2.15. The van der Waals surface area contributed by atoms with Crippen molar-refractivity contribution in [3.05, 3.63) is 29.3 Å². The number of hydrogen-bond acceptors (Lipinski definition) is 5. The fourth-order valence-electron chi connectivity index (χ4n) is 1.14. The number of carbonyl (C=O) groups excluding carboxylic acids is 2. The summed E-state index contributed by atoms with van der Waals surface area (Å²) in [5, 5.41) is 10.0. The third-order valence-corrected chi connectivity index (χ3v) is 2.15. The van der Waals surface area contributed by atoms with E-state index in [-0.39, 0.29) is 19.1 Å². The minimum Gasteiger partial charge on any atom is -0.468 e. The number of ether oxygens (including phenoxy) is 1. The molecule has 0 radical (unpaired) electrons. The second-order valence-corrected chi connectivity index (χ2v) is 3.65. The first-order valence-electron chi connectivity index (χ1n) is 5.78. The first-order valence-corrected chi connectivity index (χ1v) is 5.78. The van der Waals surface area contributed by atoms with Gasteiger partial charge in [-0.15, -0.1) is 0 Å². The van der Waals surface area contributed by atoms with Crippen LogP contribution in [0.15, 0.2) is 18.2 Å². The lowest BCUT2D eigenvalue weighted by molar-refractivity contribution is -0.139. The molecule has 1 aromatic carbocycles. The van der Waals surface area contributed by atoms with Gasteiger partial charge in [0.15, 0.2) is 0 Å². The number of methoxy groups -OCH3 is 1. The predicted molar refractivity (Wildman–Crippen MR) is 72.7 cm³/mol. The lowest BCUT2D eigenvalue weighted by Crippen LogP contribution is -2.30. The zero-order valence-corrected chi connectivity index (χ0v) is 11.4. The van der Waals surface area contributed by atoms with E-state index in [0.717, 1.165) is 5.56 Å². The molecule has 0 atom stereocenters. The van der Waals surface area contributed by atoms with Crippen LogP contribution in [0.1, 0.15) is 22.8 Å². The van der Waals surface area contributed by atoms with Crippen molar-refractivity contribution in [3.8, 4) is 0 Å². The van der Waals surface area contributed by atoms with E-state index in [4.69, 9.17) is 10.8 Å². The molecule has 1 aromatic rings. The maximum atomic E-state index is 11.6. The van der Waals surface area contributed by atoms with Crippen molar-refractivity contribution in [3.63, 3.8) is 0 Å². The predicted octanol–water partition coefficient (Wildman–Crippen LogP) is 0.479. The van der Waals surface area contributed by atoms with E-state index < -0.39 is 5.97 Å². The van der Waals surface area contributed by atoms with Crippen LogP contribution in [0.25, 0.3) is 0 Å². The van der Waals surface area contributed by atoms with Crippen LogP contribution in [0.3, 0.4) is 0 Å². The van der Waals surface area contributed by atoms with Crippen LogP contribution in [-0.4, -0.2) is 37.2 Å². The van der Waals surface area contributed by atoms with Gasteiger partial charge in [0, 0.05) is 17.9 Å². The fourth-order valence-corrected chi connectivity index (χ4v) is 1.14. The highest BCUT2D eigenvalue weighted by Crippen LogP contribution is 2.12. The Bertz CT molecular complexity index is 433. The molecular weight excluding hydrogens is 248 g/mol. The second kappa shape index (κ2) is 8.93. The molecule has 0 bridgehead atoms. The zero-order valence-electron chi connectivity index (χ0n) is 11.4. The van der Waals surface area contributed by atoms with Crippen molar-refractivity contribution in [1.82, 2.24) is 5.32 Å². The maximum Gasteiger partial charge on any atom is 0.325 e. The molecule has 0 saturated carbocycles. The van der Waals surface area contributed by atoms with Gasteiger partial charge in [-0.1, -0.05) is 0 Å². The van der Waals surface area contributed by atoms with Gasteiger partial charge in [-0.25, -0.2) is 0 Å². The molecule has 0 heterocycles. The lowest BCUT2D eigenvalue weighted by Gasteiger charge is -2.06. The molecule has 6 nitrogen and oxygen atoms in total. The average Bonchev–Trinajstić information content (AvgIpc) is 2.39. The third kappa shape index (κ3) is 6.42. The summed E-state index contributed by atoms with van der Waals surface area (Å²) in [5.41, 5.74) is 7.55. The number of benzene rings is 1. The summed E-state index contributed by atoms with van der Waals surface area (Å²) in [4.78, 5) is 22.4. The molecular formula is C13H20N2O4. The molecule has 0 unspecified atom stereocenters. The van der Waals surface area contributed by atoms with Crippen LogP contribution < -0.4 is 11.1 Å². The minimum absolute atomic E-state index is 0.140. The normalized spacial score (nSPS) is 9.05.